The number of nitrogens with one attached hydrogen (secondary N) is 1. The van der Waals surface area contributed by atoms with Crippen molar-refractivity contribution in [3.05, 3.63) is 95.0 Å². The number of benzene rings is 1. The first-order chi connectivity index (χ1) is 14.5. The number of nitrogens with two attached hydrogens (primary N) is 1. The zero-order valence-corrected chi connectivity index (χ0v) is 17.1. The van der Waals surface area contributed by atoms with Gasteiger partial charge in [0.25, 0.3) is 11.8 Å². The molecule has 0 saturated heterocycles. The zero-order valence-electron chi connectivity index (χ0n) is 17.1. The summed E-state index contributed by atoms with van der Waals surface area (Å²) in [5.74, 6) is -0.700. The van der Waals surface area contributed by atoms with E-state index in [-0.39, 0.29) is 11.6 Å². The van der Waals surface area contributed by atoms with Gasteiger partial charge in [0, 0.05) is 24.3 Å². The third-order valence-corrected chi connectivity index (χ3v) is 4.57. The van der Waals surface area contributed by atoms with E-state index in [9.17, 15) is 9.59 Å². The number of carbonyl (C=O) groups is 2. The highest BCUT2D eigenvalue weighted by Crippen LogP contribution is 2.18. The van der Waals surface area contributed by atoms with Crippen LogP contribution in [0.3, 0.4) is 0 Å². The van der Waals surface area contributed by atoms with E-state index in [1.165, 1.54) is 0 Å². The number of aromatic nitrogens is 2. The summed E-state index contributed by atoms with van der Waals surface area (Å²) in [7, 11) is 0. The largest absolute Gasteiger partial charge is 0.364 e. The predicted octanol–water partition coefficient (Wildman–Crippen LogP) is 3.57. The number of allylic oxidation sites excluding steroid dienone is 3. The van der Waals surface area contributed by atoms with Gasteiger partial charge in [0.1, 0.15) is 5.69 Å². The van der Waals surface area contributed by atoms with Gasteiger partial charge in [-0.25, -0.2) is 4.98 Å². The molecule has 0 atom stereocenters. The highest BCUT2D eigenvalue weighted by Gasteiger charge is 2.08. The number of pyridine rings is 2. The fourth-order valence-corrected chi connectivity index (χ4v) is 3.01. The summed E-state index contributed by atoms with van der Waals surface area (Å²) in [6.45, 7) is 4.40. The molecule has 6 heteroatoms. The molecule has 2 aromatic heterocycles. The third kappa shape index (κ3) is 5.38. The Morgan fingerprint density at radius 1 is 1.10 bits per heavy atom. The first-order valence-electron chi connectivity index (χ1n) is 9.66. The molecule has 0 aliphatic heterocycles. The van der Waals surface area contributed by atoms with Gasteiger partial charge in [-0.3, -0.25) is 14.6 Å². The van der Waals surface area contributed by atoms with E-state index < -0.39 is 5.91 Å². The molecule has 152 valence electrons. The number of rotatable bonds is 7. The second kappa shape index (κ2) is 9.60. The minimum Gasteiger partial charge on any atom is -0.364 e. The smallest absolute Gasteiger partial charge is 0.267 e. The van der Waals surface area contributed by atoms with Gasteiger partial charge in [-0.1, -0.05) is 35.9 Å². The number of carbonyl (C=O) groups excluding carboxylic acids is 2. The average Bonchev–Trinajstić information content (AvgIpc) is 2.75. The third-order valence-electron chi connectivity index (χ3n) is 4.57. The summed E-state index contributed by atoms with van der Waals surface area (Å²) >= 11 is 0. The normalized spacial score (nSPS) is 11.7. The maximum Gasteiger partial charge on any atom is 0.267 e. The Bertz CT molecular complexity index is 1150. The van der Waals surface area contributed by atoms with Crippen LogP contribution in [0.5, 0.6) is 0 Å². The van der Waals surface area contributed by atoms with Crippen LogP contribution in [0, 0.1) is 0 Å². The highest BCUT2D eigenvalue weighted by atomic mass is 16.2. The molecule has 0 radical (unpaired) electrons. The summed E-state index contributed by atoms with van der Waals surface area (Å²) in [5, 5.41) is 3.83. The van der Waals surface area contributed by atoms with E-state index in [4.69, 9.17) is 5.73 Å². The number of amides is 2. The van der Waals surface area contributed by atoms with E-state index in [2.05, 4.69) is 15.3 Å². The van der Waals surface area contributed by atoms with Crippen LogP contribution < -0.4 is 11.1 Å². The van der Waals surface area contributed by atoms with Crippen molar-refractivity contribution in [1.29, 1.82) is 0 Å². The van der Waals surface area contributed by atoms with Crippen molar-refractivity contribution in [1.82, 2.24) is 15.3 Å². The Labute approximate surface area is 175 Å². The van der Waals surface area contributed by atoms with Crippen molar-refractivity contribution in [2.75, 3.05) is 6.54 Å². The van der Waals surface area contributed by atoms with Gasteiger partial charge in [-0.2, -0.15) is 0 Å². The molecule has 0 saturated carbocycles. The summed E-state index contributed by atoms with van der Waals surface area (Å²) < 4.78 is 0. The highest BCUT2D eigenvalue weighted by molar-refractivity contribution is 5.94. The van der Waals surface area contributed by atoms with E-state index in [0.717, 1.165) is 22.1 Å². The van der Waals surface area contributed by atoms with Crippen LogP contribution in [-0.2, 0) is 6.42 Å². The maximum atomic E-state index is 12.4. The summed E-state index contributed by atoms with van der Waals surface area (Å²) in [5.41, 5.74) is 9.83. The monoisotopic (exact) mass is 400 g/mol. The molecule has 30 heavy (non-hydrogen) atoms. The lowest BCUT2D eigenvalue weighted by Crippen LogP contribution is -2.25. The van der Waals surface area contributed by atoms with Crippen molar-refractivity contribution >= 4 is 22.7 Å². The van der Waals surface area contributed by atoms with Crippen molar-refractivity contribution < 1.29 is 9.59 Å². The zero-order chi connectivity index (χ0) is 21.5. The second-order valence-electron chi connectivity index (χ2n) is 7.07. The fourth-order valence-electron chi connectivity index (χ4n) is 3.01. The van der Waals surface area contributed by atoms with Gasteiger partial charge in [0.05, 0.1) is 11.1 Å². The van der Waals surface area contributed by atoms with E-state index >= 15 is 0 Å². The fraction of sp³-hybridized carbons (Fsp3) is 0.167. The van der Waals surface area contributed by atoms with Crippen molar-refractivity contribution in [2.45, 2.75) is 20.3 Å². The molecule has 0 aliphatic rings. The molecule has 3 N–H and O–H groups in total. The molecule has 1 aromatic carbocycles. The van der Waals surface area contributed by atoms with Gasteiger partial charge in [-0.15, -0.1) is 0 Å². The van der Waals surface area contributed by atoms with E-state index in [0.29, 0.717) is 24.0 Å². The lowest BCUT2D eigenvalue weighted by molar-refractivity contribution is 0.0955. The predicted molar refractivity (Wildman–Crippen MR) is 118 cm³/mol. The Kier molecular flexibility index (Phi) is 6.70. The van der Waals surface area contributed by atoms with Crippen molar-refractivity contribution in [2.24, 2.45) is 5.73 Å². The first-order valence-corrected chi connectivity index (χ1v) is 9.66. The summed E-state index contributed by atoms with van der Waals surface area (Å²) in [6.07, 6.45) is 9.81. The molecule has 3 aromatic rings. The van der Waals surface area contributed by atoms with Gasteiger partial charge in [0.15, 0.2) is 0 Å². The number of fused-ring (bicyclic) bond motifs is 1. The molecule has 0 unspecified atom stereocenters. The molecule has 0 fully saturated rings. The van der Waals surface area contributed by atoms with E-state index in [1.807, 2.05) is 62.4 Å². The van der Waals surface area contributed by atoms with Gasteiger partial charge in [0.2, 0.25) is 0 Å². The molecular formula is C24H24N4O2. The number of nitrogens with zero attached hydrogens (tertiary/aromatic N) is 2. The van der Waals surface area contributed by atoms with E-state index in [1.54, 1.807) is 18.5 Å². The van der Waals surface area contributed by atoms with Gasteiger partial charge in [-0.05, 0) is 55.7 Å². The van der Waals surface area contributed by atoms with Crippen LogP contribution >= 0.6 is 0 Å². The molecule has 0 aliphatic carbocycles. The maximum absolute atomic E-state index is 12.4. The molecule has 6 nitrogen and oxygen atoms in total. The van der Waals surface area contributed by atoms with Crippen LogP contribution in [0.2, 0.25) is 0 Å². The molecule has 3 rings (SSSR count). The topological polar surface area (TPSA) is 98.0 Å². The van der Waals surface area contributed by atoms with Crippen LogP contribution in [0.25, 0.3) is 10.9 Å². The molecule has 0 spiro atoms. The first kappa shape index (κ1) is 20.9. The van der Waals surface area contributed by atoms with Gasteiger partial charge < -0.3 is 11.1 Å². The number of hydrogen-bond donors (Lipinski definition) is 2. The number of hydrogen-bond acceptors (Lipinski definition) is 4. The lowest BCUT2D eigenvalue weighted by atomic mass is 10.0. The Morgan fingerprint density at radius 2 is 1.93 bits per heavy atom. The Morgan fingerprint density at radius 3 is 2.70 bits per heavy atom. The number of primary amides is 1. The second-order valence-corrected chi connectivity index (χ2v) is 7.07. The van der Waals surface area contributed by atoms with Gasteiger partial charge >= 0.3 is 0 Å². The minimum atomic E-state index is -0.547. The van der Waals surface area contributed by atoms with Crippen LogP contribution in [-0.4, -0.2) is 28.3 Å². The molecular weight excluding hydrogens is 376 g/mol. The molecule has 2 amide bonds. The van der Waals surface area contributed by atoms with Crippen LogP contribution in [0.15, 0.2) is 72.6 Å². The summed E-state index contributed by atoms with van der Waals surface area (Å²) in [6, 6.07) is 11.1. The SMILES string of the molecule is C/C=C\C=C(/C)CNC(=O)c1cncc(Cc2ccc3nc(C(N)=O)ccc3c2)c1. The molecule has 0 bridgehead atoms. The van der Waals surface area contributed by atoms with Crippen LogP contribution in [0.4, 0.5) is 0 Å². The lowest BCUT2D eigenvalue weighted by Gasteiger charge is -2.08. The van der Waals surface area contributed by atoms with Crippen molar-refractivity contribution in [3.8, 4) is 0 Å². The quantitative estimate of drug-likeness (QED) is 0.592. The van der Waals surface area contributed by atoms with Crippen molar-refractivity contribution in [3.63, 3.8) is 0 Å². The standard InChI is InChI=1S/C24H24N4O2/c1-3-4-5-16(2)13-27-24(30)20-12-18(14-26-15-20)10-17-6-8-21-19(11-17)7-9-22(28-21)23(25)29/h3-9,11-12,14-15H,10,13H2,1-2H3,(H2,25,29)(H,27,30)/b4-3-,16-5+. The Hall–Kier alpha value is -3.80. The summed E-state index contributed by atoms with van der Waals surface area (Å²) in [4.78, 5) is 32.2. The average molecular weight is 400 g/mol. The Balaban J connectivity index is 1.72. The minimum absolute atomic E-state index is 0.153. The van der Waals surface area contributed by atoms with Crippen LogP contribution in [0.1, 0.15) is 45.8 Å². The molecule has 2 heterocycles.